The molecule has 0 saturated carbocycles. The smallest absolute Gasteiger partial charge is 0.324 e. The van der Waals surface area contributed by atoms with Crippen molar-refractivity contribution in [3.05, 3.63) is 65.1 Å². The Hall–Kier alpha value is -2.69. The molecule has 0 fully saturated rings. The molecule has 1 aliphatic heterocycles. The molecule has 8 nitrogen and oxygen atoms in total. The second-order valence-corrected chi connectivity index (χ2v) is 9.90. The molecule has 1 aliphatic rings. The molecule has 0 spiro atoms. The summed E-state index contributed by atoms with van der Waals surface area (Å²) in [5.41, 5.74) is 2.50. The van der Waals surface area contributed by atoms with E-state index in [1.165, 1.54) is 11.4 Å². The van der Waals surface area contributed by atoms with E-state index in [2.05, 4.69) is 4.98 Å². The second kappa shape index (κ2) is 8.21. The molecule has 0 radical (unpaired) electrons. The molecule has 0 saturated heterocycles. The molecule has 3 heterocycles. The number of nitrogens with zero attached hydrogens (tertiary/aromatic N) is 3. The van der Waals surface area contributed by atoms with E-state index in [0.29, 0.717) is 12.2 Å². The van der Waals surface area contributed by atoms with Gasteiger partial charge < -0.3 is 14.0 Å². The highest BCUT2D eigenvalue weighted by Crippen LogP contribution is 2.31. The van der Waals surface area contributed by atoms with Crippen molar-refractivity contribution in [1.29, 1.82) is 0 Å². The van der Waals surface area contributed by atoms with E-state index in [-0.39, 0.29) is 17.2 Å². The topological polar surface area (TPSA) is 90.7 Å². The predicted molar refractivity (Wildman–Crippen MR) is 111 cm³/mol. The first-order valence-corrected chi connectivity index (χ1v) is 11.5. The Morgan fingerprint density at radius 1 is 1.23 bits per heavy atom. The van der Waals surface area contributed by atoms with Gasteiger partial charge in [0.05, 0.1) is 38.5 Å². The van der Waals surface area contributed by atoms with E-state index < -0.39 is 22.0 Å². The number of aromatic nitrogens is 2. The van der Waals surface area contributed by atoms with E-state index in [1.54, 1.807) is 30.9 Å². The van der Waals surface area contributed by atoms with Crippen LogP contribution in [0.15, 0.2) is 52.3 Å². The van der Waals surface area contributed by atoms with E-state index in [4.69, 9.17) is 9.47 Å². The summed E-state index contributed by atoms with van der Waals surface area (Å²) in [7, 11) is -0.976. The van der Waals surface area contributed by atoms with Crippen LogP contribution in [0.25, 0.3) is 0 Å². The zero-order chi connectivity index (χ0) is 21.3. The molecular formula is C20H21N3O5S2. The minimum atomic E-state index is -3.85. The van der Waals surface area contributed by atoms with Crippen LogP contribution in [0.5, 0.6) is 5.75 Å². The highest BCUT2D eigenvalue weighted by molar-refractivity contribution is 7.91. The Labute approximate surface area is 178 Å². The molecule has 0 bridgehead atoms. The number of hydrogen-bond donors (Lipinski definition) is 0. The number of carbonyl (C=O) groups excluding carboxylic acids is 1. The van der Waals surface area contributed by atoms with Crippen molar-refractivity contribution in [1.82, 2.24) is 13.9 Å². The molecule has 1 atom stereocenters. The summed E-state index contributed by atoms with van der Waals surface area (Å²) in [6.07, 6.45) is 1.85. The van der Waals surface area contributed by atoms with Gasteiger partial charge in [0, 0.05) is 13.0 Å². The number of imidazole rings is 1. The Kier molecular flexibility index (Phi) is 5.63. The van der Waals surface area contributed by atoms with Crippen LogP contribution in [-0.4, -0.2) is 48.5 Å². The summed E-state index contributed by atoms with van der Waals surface area (Å²) < 4.78 is 39.9. The van der Waals surface area contributed by atoms with E-state index >= 15 is 0 Å². The van der Waals surface area contributed by atoms with Crippen LogP contribution in [0.1, 0.15) is 17.0 Å². The van der Waals surface area contributed by atoms with Crippen molar-refractivity contribution in [2.24, 2.45) is 0 Å². The molecule has 0 aliphatic carbocycles. The number of hydrogen-bond acceptors (Lipinski definition) is 7. The van der Waals surface area contributed by atoms with Crippen LogP contribution in [0.4, 0.5) is 0 Å². The number of esters is 1. The first kappa shape index (κ1) is 20.6. The third kappa shape index (κ3) is 3.73. The van der Waals surface area contributed by atoms with Crippen molar-refractivity contribution in [3.8, 4) is 5.75 Å². The van der Waals surface area contributed by atoms with Gasteiger partial charge in [0.1, 0.15) is 16.0 Å². The van der Waals surface area contributed by atoms with Crippen molar-refractivity contribution < 1.29 is 22.7 Å². The SMILES string of the molecule is COC(=O)[C@@H]1Cc2ncn(Cc3ccc(OC)cc3)c2CN1S(=O)(=O)c1cccs1. The molecule has 158 valence electrons. The summed E-state index contributed by atoms with van der Waals surface area (Å²) in [6.45, 7) is 0.577. The van der Waals surface area contributed by atoms with Crippen LogP contribution >= 0.6 is 11.3 Å². The highest BCUT2D eigenvalue weighted by Gasteiger charge is 2.42. The summed E-state index contributed by atoms with van der Waals surface area (Å²) in [6, 6.07) is 9.92. The third-order valence-electron chi connectivity index (χ3n) is 5.12. The van der Waals surface area contributed by atoms with E-state index in [0.717, 1.165) is 28.3 Å². The maximum atomic E-state index is 13.2. The molecular weight excluding hydrogens is 426 g/mol. The standard InChI is InChI=1S/C20H21N3O5S2/c1-27-15-7-5-14(6-8-15)11-22-13-21-16-10-17(20(24)28-2)23(12-18(16)22)30(25,26)19-4-3-9-29-19/h3-9,13,17H,10-12H2,1-2H3/t17-/m0/s1. The van der Waals surface area contributed by atoms with Gasteiger partial charge >= 0.3 is 5.97 Å². The highest BCUT2D eigenvalue weighted by atomic mass is 32.2. The van der Waals surface area contributed by atoms with Crippen molar-refractivity contribution >= 4 is 27.3 Å². The van der Waals surface area contributed by atoms with Crippen molar-refractivity contribution in [3.63, 3.8) is 0 Å². The molecule has 30 heavy (non-hydrogen) atoms. The number of benzene rings is 1. The maximum absolute atomic E-state index is 13.2. The van der Waals surface area contributed by atoms with Gasteiger partial charge in [-0.25, -0.2) is 13.4 Å². The lowest BCUT2D eigenvalue weighted by Crippen LogP contribution is -2.49. The lowest BCUT2D eigenvalue weighted by atomic mass is 10.1. The number of ether oxygens (including phenoxy) is 2. The van der Waals surface area contributed by atoms with Gasteiger partial charge in [-0.1, -0.05) is 18.2 Å². The average Bonchev–Trinajstić information content (AvgIpc) is 3.44. The van der Waals surface area contributed by atoms with E-state index in [9.17, 15) is 13.2 Å². The number of rotatable bonds is 6. The molecule has 1 aromatic carbocycles. The Morgan fingerprint density at radius 2 is 2.00 bits per heavy atom. The van der Waals surface area contributed by atoms with Crippen LogP contribution in [-0.2, 0) is 39.1 Å². The average molecular weight is 448 g/mol. The van der Waals surface area contributed by atoms with Gasteiger partial charge in [-0.2, -0.15) is 4.31 Å². The van der Waals surface area contributed by atoms with Crippen LogP contribution < -0.4 is 4.74 Å². The lowest BCUT2D eigenvalue weighted by Gasteiger charge is -2.32. The Morgan fingerprint density at radius 3 is 2.63 bits per heavy atom. The Balaban J connectivity index is 1.68. The number of thiophene rings is 1. The first-order valence-electron chi connectivity index (χ1n) is 9.23. The first-order chi connectivity index (χ1) is 14.4. The summed E-state index contributed by atoms with van der Waals surface area (Å²) in [5, 5.41) is 1.70. The van der Waals surface area contributed by atoms with Gasteiger partial charge in [0.15, 0.2) is 0 Å². The van der Waals surface area contributed by atoms with Crippen LogP contribution in [0.3, 0.4) is 0 Å². The summed E-state index contributed by atoms with van der Waals surface area (Å²) >= 11 is 1.12. The van der Waals surface area contributed by atoms with Gasteiger partial charge in [0.25, 0.3) is 10.0 Å². The molecule has 0 unspecified atom stereocenters. The lowest BCUT2D eigenvalue weighted by molar-refractivity contribution is -0.145. The van der Waals surface area contributed by atoms with Gasteiger partial charge in [-0.05, 0) is 29.1 Å². The molecule has 0 amide bonds. The summed E-state index contributed by atoms with van der Waals surface area (Å²) in [4.78, 5) is 16.8. The zero-order valence-electron chi connectivity index (χ0n) is 16.5. The normalized spacial score (nSPS) is 16.8. The summed E-state index contributed by atoms with van der Waals surface area (Å²) in [5.74, 6) is 0.172. The molecule has 0 N–H and O–H groups in total. The number of carbonyl (C=O) groups is 1. The monoisotopic (exact) mass is 447 g/mol. The number of sulfonamides is 1. The fraction of sp³-hybridized carbons (Fsp3) is 0.300. The maximum Gasteiger partial charge on any atom is 0.324 e. The quantitative estimate of drug-likeness (QED) is 0.539. The number of fused-ring (bicyclic) bond motifs is 1. The number of methoxy groups -OCH3 is 2. The fourth-order valence-electron chi connectivity index (χ4n) is 3.52. The van der Waals surface area contributed by atoms with Gasteiger partial charge in [-0.3, -0.25) is 4.79 Å². The van der Waals surface area contributed by atoms with Gasteiger partial charge in [-0.15, -0.1) is 11.3 Å². The van der Waals surface area contributed by atoms with Crippen molar-refractivity contribution in [2.45, 2.75) is 29.8 Å². The van der Waals surface area contributed by atoms with Gasteiger partial charge in [0.2, 0.25) is 0 Å². The Bertz CT molecular complexity index is 1140. The minimum Gasteiger partial charge on any atom is -0.497 e. The van der Waals surface area contributed by atoms with Crippen molar-refractivity contribution in [2.75, 3.05) is 14.2 Å². The molecule has 10 heteroatoms. The second-order valence-electron chi connectivity index (χ2n) is 6.84. The largest absolute Gasteiger partial charge is 0.497 e. The molecule has 3 aromatic rings. The van der Waals surface area contributed by atoms with E-state index in [1.807, 2.05) is 28.8 Å². The minimum absolute atomic E-state index is 0.0471. The van der Waals surface area contributed by atoms with Crippen LogP contribution in [0.2, 0.25) is 0 Å². The molecule has 2 aromatic heterocycles. The predicted octanol–water partition coefficient (Wildman–Crippen LogP) is 2.29. The van der Waals surface area contributed by atoms with Crippen LogP contribution in [0, 0.1) is 0 Å². The molecule has 4 rings (SSSR count). The third-order valence-corrected chi connectivity index (χ3v) is 8.34. The zero-order valence-corrected chi connectivity index (χ0v) is 18.1. The fourth-order valence-corrected chi connectivity index (χ4v) is 6.18.